The second kappa shape index (κ2) is 5.56. The number of nitrogens with zero attached hydrogens (tertiary/aromatic N) is 2. The first kappa shape index (κ1) is 16.1. The van der Waals surface area contributed by atoms with Crippen molar-refractivity contribution in [1.82, 2.24) is 14.8 Å². The molecule has 0 spiro atoms. The smallest absolute Gasteiger partial charge is 0.216 e. The average molecular weight is 380 g/mol. The molecule has 1 aromatic carbocycles. The molecular weight excluding hydrogens is 365 g/mol. The fraction of sp³-hybridized carbons (Fsp3) is 0.294. The Morgan fingerprint density at radius 1 is 1.33 bits per heavy atom. The van der Waals surface area contributed by atoms with E-state index in [-0.39, 0.29) is 0 Å². The summed E-state index contributed by atoms with van der Waals surface area (Å²) in [5.74, 6) is 0. The third kappa shape index (κ3) is 2.23. The van der Waals surface area contributed by atoms with Crippen LogP contribution in [0.15, 0.2) is 48.8 Å². The van der Waals surface area contributed by atoms with E-state index in [1.807, 2.05) is 36.4 Å². The maximum absolute atomic E-state index is 11.8. The Labute approximate surface area is 154 Å². The maximum atomic E-state index is 11.8. The fourth-order valence-electron chi connectivity index (χ4n) is 3.39. The molecule has 124 valence electrons. The molecule has 1 saturated carbocycles. The van der Waals surface area contributed by atoms with Gasteiger partial charge in [0.05, 0.1) is 4.87 Å². The molecule has 0 aliphatic heterocycles. The van der Waals surface area contributed by atoms with E-state index in [1.54, 1.807) is 10.7 Å². The van der Waals surface area contributed by atoms with E-state index in [0.29, 0.717) is 15.4 Å². The molecule has 2 atom stereocenters. The summed E-state index contributed by atoms with van der Waals surface area (Å²) in [5, 5.41) is 15.4. The van der Waals surface area contributed by atoms with Crippen LogP contribution in [0.25, 0.3) is 5.57 Å². The Balaban J connectivity index is 1.93. The number of hydrogen-bond acceptors (Lipinski definition) is 3. The van der Waals surface area contributed by atoms with Gasteiger partial charge in [0.2, 0.25) is 4.77 Å². The average Bonchev–Trinajstić information content (AvgIpc) is 3.19. The standard InChI is InChI=1S/C17H15Cl2N3OS/c18-13-6-2-1-4-11(13)12-5-3-7-14(22-15(24)20-10-21-22)17(12,23)16(19)8-9-16/h1-7,10,14,23H,8-9H2,(H,20,21,24). The number of aromatic nitrogens is 3. The third-order valence-corrected chi connectivity index (χ3v) is 6.08. The lowest BCUT2D eigenvalue weighted by Crippen LogP contribution is -2.50. The Kier molecular flexibility index (Phi) is 3.73. The highest BCUT2D eigenvalue weighted by molar-refractivity contribution is 7.71. The summed E-state index contributed by atoms with van der Waals surface area (Å²) in [7, 11) is 0. The quantitative estimate of drug-likeness (QED) is 0.617. The SMILES string of the molecule is OC1(C2(Cl)CC2)C(c2ccccc2Cl)=CC=CC1n1[nH]cnc1=S. The summed E-state index contributed by atoms with van der Waals surface area (Å²) >= 11 is 18.4. The van der Waals surface area contributed by atoms with Crippen LogP contribution in [-0.4, -0.2) is 30.3 Å². The molecule has 0 saturated heterocycles. The van der Waals surface area contributed by atoms with Crippen LogP contribution in [0, 0.1) is 4.77 Å². The van der Waals surface area contributed by atoms with Crippen molar-refractivity contribution in [3.05, 3.63) is 64.2 Å². The zero-order chi connectivity index (χ0) is 16.9. The van der Waals surface area contributed by atoms with E-state index in [0.717, 1.165) is 18.4 Å². The molecule has 1 aromatic heterocycles. The minimum atomic E-state index is -1.35. The van der Waals surface area contributed by atoms with Crippen molar-refractivity contribution >= 4 is 41.0 Å². The van der Waals surface area contributed by atoms with Gasteiger partial charge in [-0.15, -0.1) is 11.6 Å². The predicted molar refractivity (Wildman–Crippen MR) is 97.8 cm³/mol. The summed E-state index contributed by atoms with van der Waals surface area (Å²) in [5.41, 5.74) is 0.123. The Morgan fingerprint density at radius 3 is 2.71 bits per heavy atom. The third-order valence-electron chi connectivity index (χ3n) is 4.79. The van der Waals surface area contributed by atoms with Crippen LogP contribution >= 0.6 is 35.4 Å². The van der Waals surface area contributed by atoms with Crippen LogP contribution in [0.3, 0.4) is 0 Å². The summed E-state index contributed by atoms with van der Waals surface area (Å²) in [6.45, 7) is 0. The molecule has 7 heteroatoms. The largest absolute Gasteiger partial charge is 0.381 e. The van der Waals surface area contributed by atoms with E-state index in [2.05, 4.69) is 10.1 Å². The van der Waals surface area contributed by atoms with Gasteiger partial charge in [0.15, 0.2) is 0 Å². The van der Waals surface area contributed by atoms with Gasteiger partial charge in [-0.1, -0.05) is 48.0 Å². The molecule has 4 rings (SSSR count). The van der Waals surface area contributed by atoms with Gasteiger partial charge in [-0.2, -0.15) is 0 Å². The first-order valence-electron chi connectivity index (χ1n) is 7.64. The van der Waals surface area contributed by atoms with Crippen molar-refractivity contribution in [3.8, 4) is 0 Å². The van der Waals surface area contributed by atoms with Gasteiger partial charge < -0.3 is 5.11 Å². The summed E-state index contributed by atoms with van der Waals surface area (Å²) in [4.78, 5) is 3.31. The number of halogens is 2. The van der Waals surface area contributed by atoms with E-state index in [4.69, 9.17) is 35.4 Å². The summed E-state index contributed by atoms with van der Waals surface area (Å²) in [6.07, 6.45) is 8.61. The van der Waals surface area contributed by atoms with Crippen molar-refractivity contribution in [1.29, 1.82) is 0 Å². The van der Waals surface area contributed by atoms with Gasteiger partial charge in [-0.25, -0.2) is 9.67 Å². The molecule has 4 nitrogen and oxygen atoms in total. The van der Waals surface area contributed by atoms with Crippen LogP contribution < -0.4 is 0 Å². The van der Waals surface area contributed by atoms with Gasteiger partial charge >= 0.3 is 0 Å². The number of allylic oxidation sites excluding steroid dienone is 2. The molecule has 0 amide bonds. The van der Waals surface area contributed by atoms with Crippen molar-refractivity contribution < 1.29 is 5.11 Å². The summed E-state index contributed by atoms with van der Waals surface area (Å²) in [6, 6.07) is 6.97. The second-order valence-electron chi connectivity index (χ2n) is 6.16. The topological polar surface area (TPSA) is 53.8 Å². The molecule has 0 radical (unpaired) electrons. The molecule has 2 N–H and O–H groups in total. The second-order valence-corrected chi connectivity index (χ2v) is 7.66. The minimum Gasteiger partial charge on any atom is -0.381 e. The zero-order valence-corrected chi connectivity index (χ0v) is 14.9. The highest BCUT2D eigenvalue weighted by Gasteiger charge is 2.64. The van der Waals surface area contributed by atoms with Gasteiger partial charge in [-0.05, 0) is 42.3 Å². The monoisotopic (exact) mass is 379 g/mol. The van der Waals surface area contributed by atoms with Crippen LogP contribution in [0.4, 0.5) is 0 Å². The molecule has 1 fully saturated rings. The molecule has 2 aliphatic carbocycles. The fourth-order valence-corrected chi connectivity index (χ4v) is 4.16. The number of alkyl halides is 1. The first-order valence-corrected chi connectivity index (χ1v) is 8.81. The van der Waals surface area contributed by atoms with Crippen molar-refractivity contribution in [2.75, 3.05) is 0 Å². The van der Waals surface area contributed by atoms with E-state index >= 15 is 0 Å². The predicted octanol–water partition coefficient (Wildman–Crippen LogP) is 4.29. The van der Waals surface area contributed by atoms with Gasteiger partial charge in [0.1, 0.15) is 18.0 Å². The molecule has 24 heavy (non-hydrogen) atoms. The first-order chi connectivity index (χ1) is 11.5. The number of nitrogens with one attached hydrogen (secondary N) is 1. The lowest BCUT2D eigenvalue weighted by atomic mass is 9.75. The Hall–Kier alpha value is -1.40. The number of benzene rings is 1. The van der Waals surface area contributed by atoms with E-state index in [9.17, 15) is 5.11 Å². The van der Waals surface area contributed by atoms with Gasteiger partial charge in [0, 0.05) is 5.02 Å². The highest BCUT2D eigenvalue weighted by atomic mass is 35.5. The van der Waals surface area contributed by atoms with Gasteiger partial charge in [-0.3, -0.25) is 5.10 Å². The van der Waals surface area contributed by atoms with Crippen LogP contribution in [0.5, 0.6) is 0 Å². The molecule has 2 aliphatic rings. The highest BCUT2D eigenvalue weighted by Crippen LogP contribution is 2.61. The number of aromatic amines is 1. The molecule has 2 aromatic rings. The normalized spacial score (nSPS) is 27.8. The van der Waals surface area contributed by atoms with Crippen LogP contribution in [0.2, 0.25) is 5.02 Å². The van der Waals surface area contributed by atoms with E-state index in [1.165, 1.54) is 6.33 Å². The lowest BCUT2D eigenvalue weighted by molar-refractivity contribution is 0.0443. The van der Waals surface area contributed by atoms with E-state index < -0.39 is 16.5 Å². The van der Waals surface area contributed by atoms with Crippen molar-refractivity contribution in [3.63, 3.8) is 0 Å². The maximum Gasteiger partial charge on any atom is 0.216 e. The van der Waals surface area contributed by atoms with Gasteiger partial charge in [0.25, 0.3) is 0 Å². The molecule has 0 bridgehead atoms. The summed E-state index contributed by atoms with van der Waals surface area (Å²) < 4.78 is 2.03. The number of hydrogen-bond donors (Lipinski definition) is 2. The van der Waals surface area contributed by atoms with Crippen molar-refractivity contribution in [2.24, 2.45) is 0 Å². The van der Waals surface area contributed by atoms with Crippen LogP contribution in [0.1, 0.15) is 24.4 Å². The molecular formula is C17H15Cl2N3OS. The molecule has 1 heterocycles. The van der Waals surface area contributed by atoms with Crippen molar-refractivity contribution in [2.45, 2.75) is 29.4 Å². The molecule has 2 unspecified atom stereocenters. The minimum absolute atomic E-state index is 0.365. The number of rotatable bonds is 3. The lowest BCUT2D eigenvalue weighted by Gasteiger charge is -2.42. The Morgan fingerprint density at radius 2 is 2.08 bits per heavy atom. The Bertz CT molecular complexity index is 912. The number of aliphatic hydroxyl groups is 1. The number of H-pyrrole nitrogens is 1. The zero-order valence-electron chi connectivity index (χ0n) is 12.6. The van der Waals surface area contributed by atoms with Crippen LogP contribution in [-0.2, 0) is 0 Å².